The van der Waals surface area contributed by atoms with Crippen molar-refractivity contribution in [3.63, 3.8) is 0 Å². The summed E-state index contributed by atoms with van der Waals surface area (Å²) in [7, 11) is 1.72. The number of aromatic nitrogens is 4. The fourth-order valence-corrected chi connectivity index (χ4v) is 2.48. The zero-order valence-corrected chi connectivity index (χ0v) is 11.2. The Labute approximate surface area is 115 Å². The zero-order valence-electron chi connectivity index (χ0n) is 10.5. The molecule has 1 aromatic carbocycles. The number of nitrogens with two attached hydrogens (primary N) is 1. The minimum atomic E-state index is 0.257. The molecule has 2 N–H and O–H groups in total. The minimum absolute atomic E-state index is 0.257. The largest absolute Gasteiger partial charge is 0.398 e. The molecular weight excluding hydrogens is 266 g/mol. The highest BCUT2D eigenvalue weighted by Gasteiger charge is 2.33. The Morgan fingerprint density at radius 3 is 2.95 bits per heavy atom. The molecule has 0 radical (unpaired) electrons. The molecule has 3 rings (SSSR count). The van der Waals surface area contributed by atoms with E-state index < -0.39 is 0 Å². The standard InChI is InChI=1S/C12H14ClN5O/c1-19-8-5-7(6-8)18-12(15-16-17-18)9-3-2-4-10(14)11(9)13/h2-4,7-8H,5-6,14H2,1H3. The molecule has 0 saturated heterocycles. The number of ether oxygens (including phenoxy) is 1. The van der Waals surface area contributed by atoms with Crippen molar-refractivity contribution in [2.24, 2.45) is 0 Å². The molecule has 2 aromatic rings. The lowest BCUT2D eigenvalue weighted by molar-refractivity contribution is 0.00248. The van der Waals surface area contributed by atoms with Gasteiger partial charge in [-0.1, -0.05) is 17.7 Å². The number of nitrogens with zero attached hydrogens (tertiary/aromatic N) is 4. The van der Waals surface area contributed by atoms with E-state index in [1.54, 1.807) is 17.9 Å². The molecule has 0 unspecified atom stereocenters. The number of hydrogen-bond donors (Lipinski definition) is 1. The second-order valence-electron chi connectivity index (χ2n) is 4.64. The van der Waals surface area contributed by atoms with Crippen LogP contribution in [0.3, 0.4) is 0 Å². The van der Waals surface area contributed by atoms with Gasteiger partial charge in [-0.05, 0) is 35.4 Å². The van der Waals surface area contributed by atoms with Crippen molar-refractivity contribution in [1.29, 1.82) is 0 Å². The van der Waals surface area contributed by atoms with Crippen LogP contribution in [0.25, 0.3) is 11.4 Å². The number of halogens is 1. The van der Waals surface area contributed by atoms with E-state index >= 15 is 0 Å². The Hall–Kier alpha value is -1.66. The molecule has 6 nitrogen and oxygen atoms in total. The first kappa shape index (κ1) is 12.4. The summed E-state index contributed by atoms with van der Waals surface area (Å²) in [4.78, 5) is 0. The summed E-state index contributed by atoms with van der Waals surface area (Å²) in [5.41, 5.74) is 7.10. The monoisotopic (exact) mass is 279 g/mol. The number of methoxy groups -OCH3 is 1. The Bertz CT molecular complexity index is 594. The van der Waals surface area contributed by atoms with E-state index in [-0.39, 0.29) is 6.04 Å². The van der Waals surface area contributed by atoms with Crippen molar-refractivity contribution in [2.75, 3.05) is 12.8 Å². The molecule has 100 valence electrons. The summed E-state index contributed by atoms with van der Waals surface area (Å²) in [6.45, 7) is 0. The van der Waals surface area contributed by atoms with Crippen molar-refractivity contribution in [1.82, 2.24) is 20.2 Å². The van der Waals surface area contributed by atoms with E-state index in [0.717, 1.165) is 18.4 Å². The van der Waals surface area contributed by atoms with Gasteiger partial charge in [-0.15, -0.1) is 5.10 Å². The van der Waals surface area contributed by atoms with Crippen LogP contribution in [0.15, 0.2) is 18.2 Å². The fraction of sp³-hybridized carbons (Fsp3) is 0.417. The third-order valence-electron chi connectivity index (χ3n) is 3.51. The average Bonchev–Trinajstić information content (AvgIpc) is 2.80. The third kappa shape index (κ3) is 2.06. The average molecular weight is 280 g/mol. The van der Waals surface area contributed by atoms with Gasteiger partial charge in [0.1, 0.15) is 0 Å². The number of anilines is 1. The van der Waals surface area contributed by atoms with Crippen molar-refractivity contribution < 1.29 is 4.74 Å². The predicted molar refractivity (Wildman–Crippen MR) is 71.7 cm³/mol. The van der Waals surface area contributed by atoms with Crippen LogP contribution >= 0.6 is 11.6 Å². The van der Waals surface area contributed by atoms with Gasteiger partial charge >= 0.3 is 0 Å². The smallest absolute Gasteiger partial charge is 0.183 e. The molecule has 0 bridgehead atoms. The number of hydrogen-bond acceptors (Lipinski definition) is 5. The molecule has 0 aliphatic heterocycles. The Balaban J connectivity index is 1.94. The topological polar surface area (TPSA) is 78.8 Å². The summed E-state index contributed by atoms with van der Waals surface area (Å²) < 4.78 is 7.08. The highest BCUT2D eigenvalue weighted by atomic mass is 35.5. The minimum Gasteiger partial charge on any atom is -0.398 e. The predicted octanol–water partition coefficient (Wildman–Crippen LogP) is 1.93. The van der Waals surface area contributed by atoms with Gasteiger partial charge in [-0.2, -0.15) is 0 Å². The summed E-state index contributed by atoms with van der Waals surface area (Å²) >= 11 is 6.22. The van der Waals surface area contributed by atoms with Crippen molar-refractivity contribution >= 4 is 17.3 Å². The molecule has 1 aliphatic rings. The van der Waals surface area contributed by atoms with Crippen LogP contribution in [0.2, 0.25) is 5.02 Å². The quantitative estimate of drug-likeness (QED) is 0.869. The van der Waals surface area contributed by atoms with Crippen LogP contribution in [-0.4, -0.2) is 33.4 Å². The lowest BCUT2D eigenvalue weighted by Gasteiger charge is -2.34. The maximum atomic E-state index is 6.22. The van der Waals surface area contributed by atoms with E-state index in [4.69, 9.17) is 22.1 Å². The maximum Gasteiger partial charge on any atom is 0.183 e. The highest BCUT2D eigenvalue weighted by Crippen LogP contribution is 2.37. The second-order valence-corrected chi connectivity index (χ2v) is 5.02. The second kappa shape index (κ2) is 4.79. The summed E-state index contributed by atoms with van der Waals surface area (Å²) in [5, 5.41) is 12.4. The van der Waals surface area contributed by atoms with Gasteiger partial charge in [0.15, 0.2) is 5.82 Å². The molecule has 1 heterocycles. The van der Waals surface area contributed by atoms with Crippen LogP contribution in [-0.2, 0) is 4.74 Å². The lowest BCUT2D eigenvalue weighted by Crippen LogP contribution is -2.33. The molecule has 1 fully saturated rings. The van der Waals surface area contributed by atoms with Gasteiger partial charge in [-0.25, -0.2) is 4.68 Å². The summed E-state index contributed by atoms with van der Waals surface area (Å²) in [6.07, 6.45) is 2.11. The van der Waals surface area contributed by atoms with Gasteiger partial charge in [0.2, 0.25) is 0 Å². The van der Waals surface area contributed by atoms with Crippen LogP contribution < -0.4 is 5.73 Å². The van der Waals surface area contributed by atoms with Crippen molar-refractivity contribution in [2.45, 2.75) is 25.0 Å². The van der Waals surface area contributed by atoms with E-state index in [9.17, 15) is 0 Å². The fourth-order valence-electron chi connectivity index (χ4n) is 2.27. The molecule has 1 aromatic heterocycles. The summed E-state index contributed by atoms with van der Waals surface area (Å²) in [5.74, 6) is 0.650. The Kier molecular flexibility index (Phi) is 3.12. The lowest BCUT2D eigenvalue weighted by atomic mass is 9.89. The molecule has 0 spiro atoms. The first-order valence-corrected chi connectivity index (χ1v) is 6.43. The number of rotatable bonds is 3. The van der Waals surface area contributed by atoms with Crippen LogP contribution in [0.4, 0.5) is 5.69 Å². The Morgan fingerprint density at radius 1 is 1.42 bits per heavy atom. The number of nitrogen functional groups attached to an aromatic ring is 1. The zero-order chi connectivity index (χ0) is 13.4. The first-order valence-electron chi connectivity index (χ1n) is 6.05. The van der Waals surface area contributed by atoms with Gasteiger partial charge in [-0.3, -0.25) is 0 Å². The summed E-state index contributed by atoms with van der Waals surface area (Å²) in [6, 6.07) is 5.72. The van der Waals surface area contributed by atoms with Gasteiger partial charge in [0, 0.05) is 12.7 Å². The van der Waals surface area contributed by atoms with E-state index in [1.165, 1.54) is 0 Å². The van der Waals surface area contributed by atoms with Crippen LogP contribution in [0.5, 0.6) is 0 Å². The van der Waals surface area contributed by atoms with Gasteiger partial charge in [0.05, 0.1) is 22.9 Å². The Morgan fingerprint density at radius 2 is 2.21 bits per heavy atom. The number of tetrazole rings is 1. The molecule has 1 aliphatic carbocycles. The first-order chi connectivity index (χ1) is 9.20. The van der Waals surface area contributed by atoms with Crippen molar-refractivity contribution in [3.05, 3.63) is 23.2 Å². The van der Waals surface area contributed by atoms with Crippen molar-refractivity contribution in [3.8, 4) is 11.4 Å². The van der Waals surface area contributed by atoms with E-state index in [2.05, 4.69) is 15.5 Å². The third-order valence-corrected chi connectivity index (χ3v) is 3.93. The molecular formula is C12H14ClN5O. The van der Waals surface area contributed by atoms with E-state index in [0.29, 0.717) is 22.6 Å². The van der Waals surface area contributed by atoms with Crippen LogP contribution in [0.1, 0.15) is 18.9 Å². The maximum absolute atomic E-state index is 6.22. The molecule has 1 saturated carbocycles. The normalized spacial score (nSPS) is 22.2. The molecule has 7 heteroatoms. The SMILES string of the molecule is COC1CC(n2nnnc2-c2cccc(N)c2Cl)C1. The molecule has 0 amide bonds. The van der Waals surface area contributed by atoms with Crippen LogP contribution in [0, 0.1) is 0 Å². The van der Waals surface area contributed by atoms with Gasteiger partial charge < -0.3 is 10.5 Å². The van der Waals surface area contributed by atoms with E-state index in [1.807, 2.05) is 12.1 Å². The molecule has 19 heavy (non-hydrogen) atoms. The highest BCUT2D eigenvalue weighted by molar-refractivity contribution is 6.35. The number of benzene rings is 1. The molecule has 0 atom stereocenters. The van der Waals surface area contributed by atoms with Gasteiger partial charge in [0.25, 0.3) is 0 Å².